The molecule has 5 nitrogen and oxygen atoms in total. The van der Waals surface area contributed by atoms with E-state index in [-0.39, 0.29) is 0 Å². The number of anilines is 1. The Morgan fingerprint density at radius 1 is 1.56 bits per heavy atom. The average molecular weight is 289 g/mol. The number of rotatable bonds is 6. The van der Waals surface area contributed by atoms with Crippen LogP contribution in [0.2, 0.25) is 0 Å². The number of likely N-dealkylation sites (N-methyl/N-ethyl adjacent to an activating group) is 1. The lowest BCUT2D eigenvalue weighted by atomic mass is 10.5. The standard InChI is InChI=1S/C10H17BrN4O/c1-4-15(2)6-5-12-10-13-7-8(11)9(14-10)16-3/h7H,4-6H2,1-3H3,(H,12,13,14). The molecule has 90 valence electrons. The van der Waals surface area contributed by atoms with Crippen molar-refractivity contribution in [3.8, 4) is 5.88 Å². The van der Waals surface area contributed by atoms with Crippen LogP contribution in [0.25, 0.3) is 0 Å². The lowest BCUT2D eigenvalue weighted by Crippen LogP contribution is -2.25. The third-order valence-electron chi connectivity index (χ3n) is 2.22. The van der Waals surface area contributed by atoms with Crippen molar-refractivity contribution in [3.05, 3.63) is 10.7 Å². The van der Waals surface area contributed by atoms with Crippen LogP contribution in [0, 0.1) is 0 Å². The fraction of sp³-hybridized carbons (Fsp3) is 0.600. The van der Waals surface area contributed by atoms with Crippen molar-refractivity contribution in [1.29, 1.82) is 0 Å². The first-order valence-corrected chi connectivity index (χ1v) is 5.95. The van der Waals surface area contributed by atoms with E-state index < -0.39 is 0 Å². The Kier molecular flexibility index (Phi) is 5.48. The van der Waals surface area contributed by atoms with Crippen molar-refractivity contribution in [2.24, 2.45) is 0 Å². The molecule has 0 radical (unpaired) electrons. The monoisotopic (exact) mass is 288 g/mol. The summed E-state index contributed by atoms with van der Waals surface area (Å²) in [5, 5.41) is 3.15. The first-order valence-electron chi connectivity index (χ1n) is 5.16. The molecule has 0 bridgehead atoms. The molecule has 1 heterocycles. The molecule has 0 aliphatic rings. The summed E-state index contributed by atoms with van der Waals surface area (Å²) in [6.07, 6.45) is 1.68. The summed E-state index contributed by atoms with van der Waals surface area (Å²) in [6.45, 7) is 4.93. The van der Waals surface area contributed by atoms with Gasteiger partial charge in [0.25, 0.3) is 0 Å². The van der Waals surface area contributed by atoms with Gasteiger partial charge in [0.2, 0.25) is 11.8 Å². The number of nitrogens with one attached hydrogen (secondary N) is 1. The zero-order chi connectivity index (χ0) is 12.0. The maximum atomic E-state index is 5.09. The van der Waals surface area contributed by atoms with Gasteiger partial charge in [-0.05, 0) is 29.5 Å². The third kappa shape index (κ3) is 3.94. The van der Waals surface area contributed by atoms with E-state index in [9.17, 15) is 0 Å². The second kappa shape index (κ2) is 6.65. The Morgan fingerprint density at radius 3 is 2.94 bits per heavy atom. The third-order valence-corrected chi connectivity index (χ3v) is 2.77. The SMILES string of the molecule is CCN(C)CCNc1ncc(Br)c(OC)n1. The van der Waals surface area contributed by atoms with Crippen LogP contribution in [0.1, 0.15) is 6.92 Å². The van der Waals surface area contributed by atoms with Crippen LogP contribution in [0.5, 0.6) is 5.88 Å². The van der Waals surface area contributed by atoms with Crippen molar-refractivity contribution in [1.82, 2.24) is 14.9 Å². The van der Waals surface area contributed by atoms with E-state index in [0.717, 1.165) is 24.1 Å². The van der Waals surface area contributed by atoms with Gasteiger partial charge in [0.15, 0.2) is 0 Å². The maximum Gasteiger partial charge on any atom is 0.232 e. The lowest BCUT2D eigenvalue weighted by Gasteiger charge is -2.14. The molecular formula is C10H17BrN4O. The Bertz CT molecular complexity index is 335. The van der Waals surface area contributed by atoms with E-state index >= 15 is 0 Å². The molecule has 0 unspecified atom stereocenters. The van der Waals surface area contributed by atoms with Crippen molar-refractivity contribution in [2.45, 2.75) is 6.92 Å². The molecule has 0 fully saturated rings. The summed E-state index contributed by atoms with van der Waals surface area (Å²) >= 11 is 3.31. The second-order valence-electron chi connectivity index (χ2n) is 3.37. The molecular weight excluding hydrogens is 272 g/mol. The average Bonchev–Trinajstić information content (AvgIpc) is 2.31. The lowest BCUT2D eigenvalue weighted by molar-refractivity contribution is 0.366. The zero-order valence-electron chi connectivity index (χ0n) is 9.83. The molecule has 1 rings (SSSR count). The van der Waals surface area contributed by atoms with Crippen LogP contribution < -0.4 is 10.1 Å². The minimum absolute atomic E-state index is 0.543. The Balaban J connectivity index is 2.48. The van der Waals surface area contributed by atoms with Crippen molar-refractivity contribution in [2.75, 3.05) is 39.1 Å². The zero-order valence-corrected chi connectivity index (χ0v) is 11.4. The van der Waals surface area contributed by atoms with Gasteiger partial charge in [-0.2, -0.15) is 4.98 Å². The fourth-order valence-corrected chi connectivity index (χ4v) is 1.45. The van der Waals surface area contributed by atoms with Crippen LogP contribution in [0.4, 0.5) is 5.95 Å². The summed E-state index contributed by atoms with van der Waals surface area (Å²) < 4.78 is 5.84. The van der Waals surface area contributed by atoms with Gasteiger partial charge in [-0.3, -0.25) is 0 Å². The molecule has 0 saturated carbocycles. The number of hydrogen-bond acceptors (Lipinski definition) is 5. The van der Waals surface area contributed by atoms with Gasteiger partial charge in [0.05, 0.1) is 17.8 Å². The largest absolute Gasteiger partial charge is 0.480 e. The van der Waals surface area contributed by atoms with E-state index in [1.165, 1.54) is 0 Å². The molecule has 1 aromatic rings. The van der Waals surface area contributed by atoms with Gasteiger partial charge in [-0.1, -0.05) is 6.92 Å². The highest BCUT2D eigenvalue weighted by Gasteiger charge is 2.04. The molecule has 0 saturated heterocycles. The number of methoxy groups -OCH3 is 1. The van der Waals surface area contributed by atoms with Crippen molar-refractivity contribution in [3.63, 3.8) is 0 Å². The van der Waals surface area contributed by atoms with Gasteiger partial charge in [0.1, 0.15) is 0 Å². The van der Waals surface area contributed by atoms with Gasteiger partial charge < -0.3 is 15.0 Å². The van der Waals surface area contributed by atoms with E-state index in [1.807, 2.05) is 0 Å². The summed E-state index contributed by atoms with van der Waals surface area (Å²) in [4.78, 5) is 10.6. The van der Waals surface area contributed by atoms with Gasteiger partial charge in [0, 0.05) is 13.1 Å². The Hall–Kier alpha value is -0.880. The first-order chi connectivity index (χ1) is 7.67. The highest BCUT2D eigenvalue weighted by molar-refractivity contribution is 9.10. The fourth-order valence-electron chi connectivity index (χ4n) is 1.10. The smallest absolute Gasteiger partial charge is 0.232 e. The van der Waals surface area contributed by atoms with E-state index in [0.29, 0.717) is 11.8 Å². The molecule has 0 aromatic carbocycles. The minimum atomic E-state index is 0.543. The van der Waals surface area contributed by atoms with Crippen LogP contribution in [-0.4, -0.2) is 48.7 Å². The van der Waals surface area contributed by atoms with Crippen molar-refractivity contribution >= 4 is 21.9 Å². The minimum Gasteiger partial charge on any atom is -0.480 e. The number of aromatic nitrogens is 2. The Morgan fingerprint density at radius 2 is 2.31 bits per heavy atom. The first kappa shape index (κ1) is 13.2. The number of hydrogen-bond donors (Lipinski definition) is 1. The second-order valence-corrected chi connectivity index (χ2v) is 4.23. The number of nitrogens with zero attached hydrogens (tertiary/aromatic N) is 3. The van der Waals surface area contributed by atoms with Crippen molar-refractivity contribution < 1.29 is 4.74 Å². The molecule has 0 amide bonds. The summed E-state index contributed by atoms with van der Waals surface area (Å²) in [7, 11) is 3.66. The summed E-state index contributed by atoms with van der Waals surface area (Å²) in [6, 6.07) is 0. The predicted molar refractivity (Wildman–Crippen MR) is 67.9 cm³/mol. The molecule has 1 N–H and O–H groups in total. The molecule has 0 spiro atoms. The van der Waals surface area contributed by atoms with Gasteiger partial charge in [-0.15, -0.1) is 0 Å². The molecule has 16 heavy (non-hydrogen) atoms. The molecule has 1 aromatic heterocycles. The quantitative estimate of drug-likeness (QED) is 0.862. The van der Waals surface area contributed by atoms with E-state index in [2.05, 4.69) is 50.1 Å². The molecule has 0 aliphatic carbocycles. The van der Waals surface area contributed by atoms with Crippen LogP contribution in [0.15, 0.2) is 10.7 Å². The number of halogens is 1. The van der Waals surface area contributed by atoms with E-state index in [4.69, 9.17) is 4.74 Å². The van der Waals surface area contributed by atoms with Gasteiger partial charge >= 0.3 is 0 Å². The summed E-state index contributed by atoms with van der Waals surface area (Å²) in [5.41, 5.74) is 0. The highest BCUT2D eigenvalue weighted by Crippen LogP contribution is 2.21. The summed E-state index contributed by atoms with van der Waals surface area (Å²) in [5.74, 6) is 1.13. The number of ether oxygens (including phenoxy) is 1. The normalized spacial score (nSPS) is 10.6. The highest BCUT2D eigenvalue weighted by atomic mass is 79.9. The molecule has 0 atom stereocenters. The molecule has 0 aliphatic heterocycles. The molecule has 6 heteroatoms. The maximum absolute atomic E-state index is 5.09. The Labute approximate surface area is 104 Å². The van der Waals surface area contributed by atoms with Crippen LogP contribution in [-0.2, 0) is 0 Å². The predicted octanol–water partition coefficient (Wildman–Crippen LogP) is 1.61. The topological polar surface area (TPSA) is 50.3 Å². The van der Waals surface area contributed by atoms with E-state index in [1.54, 1.807) is 13.3 Å². The van der Waals surface area contributed by atoms with Crippen LogP contribution in [0.3, 0.4) is 0 Å². The van der Waals surface area contributed by atoms with Gasteiger partial charge in [-0.25, -0.2) is 4.98 Å². The van der Waals surface area contributed by atoms with Crippen LogP contribution >= 0.6 is 15.9 Å².